The lowest BCUT2D eigenvalue weighted by Gasteiger charge is -2.38. The summed E-state index contributed by atoms with van der Waals surface area (Å²) in [5.41, 5.74) is 4.13. The maximum absolute atomic E-state index is 12.8. The zero-order valence-electron chi connectivity index (χ0n) is 18.5. The summed E-state index contributed by atoms with van der Waals surface area (Å²) >= 11 is 0. The van der Waals surface area contributed by atoms with Gasteiger partial charge in [-0.05, 0) is 44.9 Å². The standard InChI is InChI=1S/C23H33N5O/c1-15(2)22-24-18(5)14-21(26-22)28-11-9-27(10-12-28)19(6)23(29)25-20-13-16(3)7-8-17(20)4/h7-8,13-15,19H,9-12H2,1-6H3,(H,25,29)/t19-/m1/s1. The molecule has 0 saturated carbocycles. The molecule has 0 unspecified atom stereocenters. The Kier molecular flexibility index (Phi) is 6.52. The lowest BCUT2D eigenvalue weighted by Crippen LogP contribution is -2.53. The van der Waals surface area contributed by atoms with Gasteiger partial charge in [0.05, 0.1) is 6.04 Å². The molecule has 2 heterocycles. The van der Waals surface area contributed by atoms with Crippen LogP contribution in [0.3, 0.4) is 0 Å². The summed E-state index contributed by atoms with van der Waals surface area (Å²) in [6, 6.07) is 8.02. The van der Waals surface area contributed by atoms with Gasteiger partial charge in [0, 0.05) is 49.5 Å². The van der Waals surface area contributed by atoms with E-state index in [-0.39, 0.29) is 11.9 Å². The molecule has 1 amide bonds. The van der Waals surface area contributed by atoms with Gasteiger partial charge in [-0.2, -0.15) is 0 Å². The number of hydrogen-bond donors (Lipinski definition) is 1. The number of nitrogens with one attached hydrogen (secondary N) is 1. The van der Waals surface area contributed by atoms with Crippen LogP contribution in [0.25, 0.3) is 0 Å². The summed E-state index contributed by atoms with van der Waals surface area (Å²) in [6.07, 6.45) is 0. The lowest BCUT2D eigenvalue weighted by molar-refractivity contribution is -0.120. The van der Waals surface area contributed by atoms with E-state index in [4.69, 9.17) is 4.98 Å². The second-order valence-corrected chi connectivity index (χ2v) is 8.39. The second-order valence-electron chi connectivity index (χ2n) is 8.39. The van der Waals surface area contributed by atoms with E-state index in [0.29, 0.717) is 5.92 Å². The normalized spacial score (nSPS) is 16.2. The Bertz CT molecular complexity index is 872. The van der Waals surface area contributed by atoms with E-state index in [1.54, 1.807) is 0 Å². The second kappa shape index (κ2) is 8.91. The van der Waals surface area contributed by atoms with Crippen LogP contribution >= 0.6 is 0 Å². The highest BCUT2D eigenvalue weighted by Crippen LogP contribution is 2.20. The summed E-state index contributed by atoms with van der Waals surface area (Å²) in [7, 11) is 0. The van der Waals surface area contributed by atoms with Gasteiger partial charge in [0.2, 0.25) is 5.91 Å². The zero-order chi connectivity index (χ0) is 21.1. The summed E-state index contributed by atoms with van der Waals surface area (Å²) in [5.74, 6) is 2.24. The Labute approximate surface area is 174 Å². The molecule has 0 aliphatic carbocycles. The molecule has 156 valence electrons. The molecule has 0 bridgehead atoms. The van der Waals surface area contributed by atoms with Crippen molar-refractivity contribution in [3.05, 3.63) is 46.9 Å². The number of benzene rings is 1. The number of carbonyl (C=O) groups is 1. The molecule has 0 spiro atoms. The van der Waals surface area contributed by atoms with Gasteiger partial charge in [-0.15, -0.1) is 0 Å². The largest absolute Gasteiger partial charge is 0.354 e. The van der Waals surface area contributed by atoms with Crippen LogP contribution in [0.5, 0.6) is 0 Å². The number of amides is 1. The predicted octanol–water partition coefficient (Wildman–Crippen LogP) is 3.67. The highest BCUT2D eigenvalue weighted by atomic mass is 16.2. The van der Waals surface area contributed by atoms with Gasteiger partial charge in [-0.25, -0.2) is 9.97 Å². The Morgan fingerprint density at radius 1 is 1.00 bits per heavy atom. The fraction of sp³-hybridized carbons (Fsp3) is 0.522. The van der Waals surface area contributed by atoms with Crippen LogP contribution in [-0.2, 0) is 4.79 Å². The number of hydrogen-bond acceptors (Lipinski definition) is 5. The molecule has 1 saturated heterocycles. The Morgan fingerprint density at radius 3 is 2.34 bits per heavy atom. The van der Waals surface area contributed by atoms with Crippen molar-refractivity contribution in [1.82, 2.24) is 14.9 Å². The first kappa shape index (κ1) is 21.2. The average Bonchev–Trinajstić information content (AvgIpc) is 2.69. The number of rotatable bonds is 5. The molecule has 1 aliphatic rings. The van der Waals surface area contributed by atoms with Crippen molar-refractivity contribution >= 4 is 17.4 Å². The predicted molar refractivity (Wildman–Crippen MR) is 119 cm³/mol. The Hall–Kier alpha value is -2.47. The van der Waals surface area contributed by atoms with E-state index in [0.717, 1.165) is 60.3 Å². The third kappa shape index (κ3) is 5.12. The highest BCUT2D eigenvalue weighted by Gasteiger charge is 2.26. The van der Waals surface area contributed by atoms with E-state index in [9.17, 15) is 4.79 Å². The van der Waals surface area contributed by atoms with Crippen LogP contribution in [0.4, 0.5) is 11.5 Å². The number of aryl methyl sites for hydroxylation is 3. The van der Waals surface area contributed by atoms with Crippen LogP contribution in [0.1, 0.15) is 49.3 Å². The number of aromatic nitrogens is 2. The SMILES string of the molecule is Cc1ccc(C)c(NC(=O)[C@@H](C)N2CCN(c3cc(C)nc(C(C)C)n3)CC2)c1. The maximum Gasteiger partial charge on any atom is 0.241 e. The molecule has 29 heavy (non-hydrogen) atoms. The molecule has 3 rings (SSSR count). The molecule has 0 radical (unpaired) electrons. The molecule has 1 aliphatic heterocycles. The quantitative estimate of drug-likeness (QED) is 0.837. The van der Waals surface area contributed by atoms with Gasteiger partial charge in [-0.3, -0.25) is 9.69 Å². The Morgan fingerprint density at radius 2 is 1.69 bits per heavy atom. The Balaban J connectivity index is 1.61. The molecule has 1 aromatic heterocycles. The van der Waals surface area contributed by atoms with Crippen molar-refractivity contribution in [2.75, 3.05) is 36.4 Å². The lowest BCUT2D eigenvalue weighted by atomic mass is 10.1. The first-order valence-electron chi connectivity index (χ1n) is 10.5. The summed E-state index contributed by atoms with van der Waals surface area (Å²) in [6.45, 7) is 15.7. The molecule has 6 heteroatoms. The van der Waals surface area contributed by atoms with Gasteiger partial charge in [0.1, 0.15) is 11.6 Å². The molecule has 6 nitrogen and oxygen atoms in total. The third-order valence-electron chi connectivity index (χ3n) is 5.59. The fourth-order valence-corrected chi connectivity index (χ4v) is 3.61. The van der Waals surface area contributed by atoms with Crippen LogP contribution in [0.15, 0.2) is 24.3 Å². The van der Waals surface area contributed by atoms with Crippen molar-refractivity contribution in [3.63, 3.8) is 0 Å². The molecular weight excluding hydrogens is 362 g/mol. The fourth-order valence-electron chi connectivity index (χ4n) is 3.61. The number of nitrogens with zero attached hydrogens (tertiary/aromatic N) is 4. The van der Waals surface area contributed by atoms with E-state index < -0.39 is 0 Å². The summed E-state index contributed by atoms with van der Waals surface area (Å²) < 4.78 is 0. The topological polar surface area (TPSA) is 61.4 Å². The summed E-state index contributed by atoms with van der Waals surface area (Å²) in [5, 5.41) is 3.10. The van der Waals surface area contributed by atoms with Crippen molar-refractivity contribution in [2.24, 2.45) is 0 Å². The van der Waals surface area contributed by atoms with Crippen LogP contribution < -0.4 is 10.2 Å². The first-order chi connectivity index (χ1) is 13.7. The minimum absolute atomic E-state index is 0.0483. The zero-order valence-corrected chi connectivity index (χ0v) is 18.5. The van der Waals surface area contributed by atoms with Crippen molar-refractivity contribution in [1.29, 1.82) is 0 Å². The number of anilines is 2. The maximum atomic E-state index is 12.8. The molecule has 1 fully saturated rings. The first-order valence-corrected chi connectivity index (χ1v) is 10.5. The molecule has 1 aromatic carbocycles. The minimum Gasteiger partial charge on any atom is -0.354 e. The molecule has 2 aromatic rings. The van der Waals surface area contributed by atoms with Gasteiger partial charge >= 0.3 is 0 Å². The van der Waals surface area contributed by atoms with E-state index >= 15 is 0 Å². The minimum atomic E-state index is -0.171. The summed E-state index contributed by atoms with van der Waals surface area (Å²) in [4.78, 5) is 26.6. The molecular formula is C23H33N5O. The van der Waals surface area contributed by atoms with Crippen LogP contribution in [0.2, 0.25) is 0 Å². The molecule has 1 N–H and O–H groups in total. The average molecular weight is 396 g/mol. The van der Waals surface area contributed by atoms with Crippen molar-refractivity contribution in [2.45, 2.75) is 53.5 Å². The highest BCUT2D eigenvalue weighted by molar-refractivity contribution is 5.95. The van der Waals surface area contributed by atoms with Gasteiger partial charge in [0.25, 0.3) is 0 Å². The van der Waals surface area contributed by atoms with E-state index in [1.165, 1.54) is 0 Å². The molecule has 1 atom stereocenters. The van der Waals surface area contributed by atoms with Gasteiger partial charge in [-0.1, -0.05) is 26.0 Å². The van der Waals surface area contributed by atoms with Crippen molar-refractivity contribution in [3.8, 4) is 0 Å². The van der Waals surface area contributed by atoms with Gasteiger partial charge in [0.15, 0.2) is 0 Å². The van der Waals surface area contributed by atoms with Crippen molar-refractivity contribution < 1.29 is 4.79 Å². The number of piperazine rings is 1. The number of carbonyl (C=O) groups excluding carboxylic acids is 1. The van der Waals surface area contributed by atoms with Gasteiger partial charge < -0.3 is 10.2 Å². The van der Waals surface area contributed by atoms with Crippen LogP contribution in [0, 0.1) is 20.8 Å². The smallest absolute Gasteiger partial charge is 0.241 e. The van der Waals surface area contributed by atoms with E-state index in [2.05, 4.69) is 46.1 Å². The monoisotopic (exact) mass is 395 g/mol. The third-order valence-corrected chi connectivity index (χ3v) is 5.59. The van der Waals surface area contributed by atoms with Crippen LogP contribution in [-0.4, -0.2) is 53.0 Å². The van der Waals surface area contributed by atoms with E-state index in [1.807, 2.05) is 39.8 Å².